The zero-order valence-corrected chi connectivity index (χ0v) is 24.4. The Morgan fingerprint density at radius 1 is 1.02 bits per heavy atom. The van der Waals surface area contributed by atoms with Crippen LogP contribution in [0, 0.1) is 23.2 Å². The van der Waals surface area contributed by atoms with Crippen molar-refractivity contribution >= 4 is 62.5 Å². The molecule has 5 fully saturated rings. The number of nitrogens with zero attached hydrogens (tertiary/aromatic N) is 1. The summed E-state index contributed by atoms with van der Waals surface area (Å²) in [6, 6.07) is 12.1. The molecule has 0 atom stereocenters. The second-order valence-electron chi connectivity index (χ2n) is 11.3. The van der Waals surface area contributed by atoms with Crippen LogP contribution in [0.3, 0.4) is 0 Å². The van der Waals surface area contributed by atoms with Crippen molar-refractivity contribution < 1.29 is 28.7 Å². The third-order valence-electron chi connectivity index (χ3n) is 8.46. The van der Waals surface area contributed by atoms with Crippen molar-refractivity contribution in [1.82, 2.24) is 4.90 Å². The summed E-state index contributed by atoms with van der Waals surface area (Å²) < 4.78 is 12.3. The van der Waals surface area contributed by atoms with Crippen molar-refractivity contribution in [3.8, 4) is 11.5 Å². The highest BCUT2D eigenvalue weighted by Gasteiger charge is 2.55. The van der Waals surface area contributed by atoms with Crippen molar-refractivity contribution in [3.05, 3.63) is 57.4 Å². The smallest absolute Gasteiger partial charge is 0.317 e. The first-order valence-electron chi connectivity index (χ1n) is 13.4. The standard InChI is InChI=1S/C30H29BrN2O6S/c1-38-24-11-17(2-7-23(24)39-28(36)30-13-18-8-19(14-30)10-20(9-18)15-30)12-25-27(35)33(29(37)40-25)16-26(34)32-22-5-3-21(31)4-6-22/h2-7,11-12,18-20H,8-10,13-16H2,1H3,(H,32,34)/b25-12-. The molecule has 0 aromatic heterocycles. The molecule has 4 saturated carbocycles. The van der Waals surface area contributed by atoms with E-state index in [0.29, 0.717) is 40.5 Å². The molecule has 3 amide bonds. The van der Waals surface area contributed by atoms with E-state index in [4.69, 9.17) is 9.47 Å². The monoisotopic (exact) mass is 624 g/mol. The molecule has 8 nitrogen and oxygen atoms in total. The van der Waals surface area contributed by atoms with Gasteiger partial charge < -0.3 is 14.8 Å². The number of hydrogen-bond donors (Lipinski definition) is 1. The molecule has 4 aliphatic carbocycles. The fraction of sp³-hybridized carbons (Fsp3) is 0.400. The molecule has 1 heterocycles. The van der Waals surface area contributed by atoms with E-state index in [1.807, 2.05) is 0 Å². The summed E-state index contributed by atoms with van der Waals surface area (Å²) in [5, 5.41) is 2.17. The summed E-state index contributed by atoms with van der Waals surface area (Å²) in [6.45, 7) is -0.388. The average Bonchev–Trinajstić information content (AvgIpc) is 3.17. The van der Waals surface area contributed by atoms with Crippen molar-refractivity contribution in [2.24, 2.45) is 23.2 Å². The fourth-order valence-corrected chi connectivity index (χ4v) is 8.19. The minimum atomic E-state index is -0.544. The number of anilines is 1. The van der Waals surface area contributed by atoms with Gasteiger partial charge in [-0.25, -0.2) is 0 Å². The summed E-state index contributed by atoms with van der Waals surface area (Å²) in [5.74, 6) is 1.43. The normalized spacial score (nSPS) is 27.8. The molecule has 1 N–H and O–H groups in total. The molecule has 2 aromatic carbocycles. The molecule has 5 aliphatic rings. The van der Waals surface area contributed by atoms with Gasteiger partial charge in [-0.1, -0.05) is 22.0 Å². The van der Waals surface area contributed by atoms with Gasteiger partial charge in [0.2, 0.25) is 5.91 Å². The van der Waals surface area contributed by atoms with E-state index in [2.05, 4.69) is 21.2 Å². The number of halogens is 1. The number of benzene rings is 2. The number of carbonyl (C=O) groups is 4. The summed E-state index contributed by atoms with van der Waals surface area (Å²) in [7, 11) is 1.50. The van der Waals surface area contributed by atoms with Crippen molar-refractivity contribution in [2.75, 3.05) is 19.0 Å². The summed E-state index contributed by atoms with van der Waals surface area (Å²) in [4.78, 5) is 52.5. The first kappa shape index (κ1) is 27.1. The maximum absolute atomic E-state index is 13.4. The molecule has 4 bridgehead atoms. The van der Waals surface area contributed by atoms with Gasteiger partial charge in [-0.05, 0) is 116 Å². The molecule has 7 rings (SSSR count). The first-order chi connectivity index (χ1) is 19.2. The number of hydrogen-bond acceptors (Lipinski definition) is 7. The van der Waals surface area contributed by atoms with Gasteiger partial charge in [0.05, 0.1) is 17.4 Å². The van der Waals surface area contributed by atoms with Gasteiger partial charge in [-0.2, -0.15) is 0 Å². The van der Waals surface area contributed by atoms with Gasteiger partial charge in [0.15, 0.2) is 11.5 Å². The third kappa shape index (κ3) is 5.31. The largest absolute Gasteiger partial charge is 0.493 e. The number of carbonyl (C=O) groups excluding carboxylic acids is 4. The molecule has 2 aromatic rings. The second kappa shape index (κ2) is 10.7. The third-order valence-corrected chi connectivity index (χ3v) is 9.90. The van der Waals surface area contributed by atoms with Crippen LogP contribution in [0.2, 0.25) is 0 Å². The maximum atomic E-state index is 13.4. The van der Waals surface area contributed by atoms with Crippen molar-refractivity contribution in [3.63, 3.8) is 0 Å². The molecule has 1 aliphatic heterocycles. The SMILES string of the molecule is COc1cc(/C=C2\SC(=O)N(CC(=O)Nc3ccc(Br)cc3)C2=O)ccc1OC(=O)C12CC3CC(CC(C3)C1)C2. The molecule has 1 saturated heterocycles. The Kier molecular flexibility index (Phi) is 7.25. The van der Waals surface area contributed by atoms with Crippen molar-refractivity contribution in [1.29, 1.82) is 0 Å². The Bertz CT molecular complexity index is 1390. The van der Waals surface area contributed by atoms with Gasteiger partial charge in [0.1, 0.15) is 6.54 Å². The van der Waals surface area contributed by atoms with Crippen LogP contribution >= 0.6 is 27.7 Å². The zero-order chi connectivity index (χ0) is 28.0. The van der Waals surface area contributed by atoms with Gasteiger partial charge in [0, 0.05) is 10.2 Å². The lowest BCUT2D eigenvalue weighted by molar-refractivity contribution is -0.161. The van der Waals surface area contributed by atoms with E-state index in [0.717, 1.165) is 40.4 Å². The summed E-state index contributed by atoms with van der Waals surface area (Å²) >= 11 is 4.11. The number of imide groups is 1. The van der Waals surface area contributed by atoms with Crippen LogP contribution in [0.1, 0.15) is 44.1 Å². The number of esters is 1. The Balaban J connectivity index is 1.13. The lowest BCUT2D eigenvalue weighted by Gasteiger charge is -2.55. The molecule has 0 radical (unpaired) electrons. The predicted octanol–water partition coefficient (Wildman–Crippen LogP) is 6.25. The van der Waals surface area contributed by atoms with Gasteiger partial charge in [-0.3, -0.25) is 24.1 Å². The van der Waals surface area contributed by atoms with E-state index in [1.54, 1.807) is 48.5 Å². The minimum Gasteiger partial charge on any atom is -0.493 e. The lowest BCUT2D eigenvalue weighted by Crippen LogP contribution is -2.51. The van der Waals surface area contributed by atoms with Crippen LogP contribution in [0.5, 0.6) is 11.5 Å². The number of nitrogens with one attached hydrogen (secondary N) is 1. The summed E-state index contributed by atoms with van der Waals surface area (Å²) in [6.07, 6.45) is 8.04. The maximum Gasteiger partial charge on any atom is 0.317 e. The van der Waals surface area contributed by atoms with Gasteiger partial charge >= 0.3 is 5.97 Å². The van der Waals surface area contributed by atoms with E-state index >= 15 is 0 Å². The van der Waals surface area contributed by atoms with Crippen LogP contribution in [0.4, 0.5) is 10.5 Å². The van der Waals surface area contributed by atoms with Crippen LogP contribution in [-0.4, -0.2) is 41.6 Å². The molecule has 10 heteroatoms. The highest BCUT2D eigenvalue weighted by molar-refractivity contribution is 9.10. The number of thioether (sulfide) groups is 1. The Hall–Kier alpha value is -3.11. The first-order valence-corrected chi connectivity index (χ1v) is 15.0. The summed E-state index contributed by atoms with van der Waals surface area (Å²) in [5.41, 5.74) is 0.781. The topological polar surface area (TPSA) is 102 Å². The number of methoxy groups -OCH3 is 1. The van der Waals surface area contributed by atoms with Crippen molar-refractivity contribution in [2.45, 2.75) is 38.5 Å². The second-order valence-corrected chi connectivity index (χ2v) is 13.2. The van der Waals surface area contributed by atoms with E-state index in [-0.39, 0.29) is 22.8 Å². The molecule has 40 heavy (non-hydrogen) atoms. The van der Waals surface area contributed by atoms with Gasteiger partial charge in [0.25, 0.3) is 11.1 Å². The fourth-order valence-electron chi connectivity index (χ4n) is 7.09. The number of amides is 3. The average molecular weight is 626 g/mol. The van der Waals surface area contributed by atoms with Gasteiger partial charge in [-0.15, -0.1) is 0 Å². The predicted molar refractivity (Wildman–Crippen MR) is 155 cm³/mol. The quantitative estimate of drug-likeness (QED) is 0.220. The van der Waals surface area contributed by atoms with Crippen LogP contribution in [-0.2, 0) is 14.4 Å². The van der Waals surface area contributed by atoms with Crippen LogP contribution < -0.4 is 14.8 Å². The van der Waals surface area contributed by atoms with E-state index in [9.17, 15) is 19.2 Å². The molecule has 0 spiro atoms. The number of rotatable bonds is 7. The van der Waals surface area contributed by atoms with E-state index in [1.165, 1.54) is 26.4 Å². The highest BCUT2D eigenvalue weighted by Crippen LogP contribution is 2.60. The lowest BCUT2D eigenvalue weighted by atomic mass is 9.49. The molecule has 0 unspecified atom stereocenters. The molecular weight excluding hydrogens is 596 g/mol. The minimum absolute atomic E-state index is 0.166. The Morgan fingerprint density at radius 3 is 2.30 bits per heavy atom. The van der Waals surface area contributed by atoms with E-state index < -0.39 is 17.1 Å². The molecule has 208 valence electrons. The van der Waals surface area contributed by atoms with Crippen LogP contribution in [0.15, 0.2) is 51.8 Å². The Labute approximate surface area is 245 Å². The zero-order valence-electron chi connectivity index (χ0n) is 22.0. The highest BCUT2D eigenvalue weighted by atomic mass is 79.9. The Morgan fingerprint density at radius 2 is 1.68 bits per heavy atom. The number of ether oxygens (including phenoxy) is 2. The van der Waals surface area contributed by atoms with Crippen LogP contribution in [0.25, 0.3) is 6.08 Å². The molecular formula is C30H29BrN2O6S.